The number of rotatable bonds is 5. The SMILES string of the molecule is O=C([C@@H]1CNCCO1)N1CCC(c2cccc(Nc3ncc(-c4ccccc4)s3)n2)CC1. The van der Waals surface area contributed by atoms with Gasteiger partial charge in [-0.3, -0.25) is 4.79 Å². The van der Waals surface area contributed by atoms with Gasteiger partial charge in [-0.15, -0.1) is 0 Å². The lowest BCUT2D eigenvalue weighted by Gasteiger charge is -2.35. The molecule has 2 N–H and O–H groups in total. The summed E-state index contributed by atoms with van der Waals surface area (Å²) in [5.74, 6) is 1.26. The number of ether oxygens (including phenoxy) is 1. The van der Waals surface area contributed by atoms with E-state index < -0.39 is 0 Å². The van der Waals surface area contributed by atoms with Crippen LogP contribution in [0, 0.1) is 0 Å². The number of benzene rings is 1. The van der Waals surface area contributed by atoms with Crippen LogP contribution in [0.1, 0.15) is 24.5 Å². The Hall–Kier alpha value is -2.81. The van der Waals surface area contributed by atoms with E-state index in [0.717, 1.165) is 59.6 Å². The van der Waals surface area contributed by atoms with Crippen LogP contribution in [0.15, 0.2) is 54.7 Å². The standard InChI is InChI=1S/C24H27N5O2S/c30-23(20-15-25-11-14-31-20)29-12-9-17(10-13-29)19-7-4-8-22(27-19)28-24-26-16-21(32-24)18-5-2-1-3-6-18/h1-8,16-17,20,25H,9-15H2,(H,26,27,28)/t20-/m0/s1. The fourth-order valence-electron chi connectivity index (χ4n) is 4.25. The fourth-order valence-corrected chi connectivity index (χ4v) is 5.08. The summed E-state index contributed by atoms with van der Waals surface area (Å²) in [7, 11) is 0. The zero-order valence-corrected chi connectivity index (χ0v) is 18.7. The molecule has 1 atom stereocenters. The van der Waals surface area contributed by atoms with Gasteiger partial charge in [0.05, 0.1) is 11.5 Å². The summed E-state index contributed by atoms with van der Waals surface area (Å²) in [5, 5.41) is 7.41. The first-order valence-electron chi connectivity index (χ1n) is 11.1. The summed E-state index contributed by atoms with van der Waals surface area (Å²) < 4.78 is 5.63. The van der Waals surface area contributed by atoms with E-state index in [9.17, 15) is 4.79 Å². The molecule has 166 valence electrons. The fraction of sp³-hybridized carbons (Fsp3) is 0.375. The van der Waals surface area contributed by atoms with Crippen molar-refractivity contribution in [3.63, 3.8) is 0 Å². The van der Waals surface area contributed by atoms with E-state index in [4.69, 9.17) is 9.72 Å². The van der Waals surface area contributed by atoms with E-state index in [1.807, 2.05) is 41.4 Å². The minimum atomic E-state index is -0.343. The van der Waals surface area contributed by atoms with Gasteiger partial charge in [0.2, 0.25) is 0 Å². The van der Waals surface area contributed by atoms with E-state index in [0.29, 0.717) is 19.1 Å². The van der Waals surface area contributed by atoms with Crippen LogP contribution in [0.2, 0.25) is 0 Å². The van der Waals surface area contributed by atoms with Crippen molar-refractivity contribution in [3.8, 4) is 10.4 Å². The van der Waals surface area contributed by atoms with E-state index in [1.54, 1.807) is 11.3 Å². The smallest absolute Gasteiger partial charge is 0.253 e. The first kappa shape index (κ1) is 21.1. The molecule has 5 rings (SSSR count). The third-order valence-electron chi connectivity index (χ3n) is 6.00. The summed E-state index contributed by atoms with van der Waals surface area (Å²) in [6, 6.07) is 16.3. The molecule has 0 radical (unpaired) electrons. The molecule has 0 unspecified atom stereocenters. The van der Waals surface area contributed by atoms with Gasteiger partial charge in [-0.05, 0) is 30.5 Å². The Balaban J connectivity index is 1.20. The highest BCUT2D eigenvalue weighted by Gasteiger charge is 2.30. The highest BCUT2D eigenvalue weighted by molar-refractivity contribution is 7.18. The minimum absolute atomic E-state index is 0.108. The molecule has 32 heavy (non-hydrogen) atoms. The topological polar surface area (TPSA) is 79.4 Å². The largest absolute Gasteiger partial charge is 0.366 e. The number of carbonyl (C=O) groups excluding carboxylic acids is 1. The van der Waals surface area contributed by atoms with Gasteiger partial charge in [-0.2, -0.15) is 0 Å². The van der Waals surface area contributed by atoms with Crippen molar-refractivity contribution in [1.29, 1.82) is 0 Å². The van der Waals surface area contributed by atoms with Crippen molar-refractivity contribution in [3.05, 3.63) is 60.4 Å². The number of nitrogens with zero attached hydrogens (tertiary/aromatic N) is 3. The van der Waals surface area contributed by atoms with Crippen LogP contribution in [0.25, 0.3) is 10.4 Å². The van der Waals surface area contributed by atoms with Crippen molar-refractivity contribution < 1.29 is 9.53 Å². The summed E-state index contributed by atoms with van der Waals surface area (Å²) >= 11 is 1.62. The predicted octanol–water partition coefficient (Wildman–Crippen LogP) is 3.64. The number of aromatic nitrogens is 2. The Morgan fingerprint density at radius 3 is 2.75 bits per heavy atom. The zero-order chi connectivity index (χ0) is 21.8. The number of piperidine rings is 1. The number of nitrogens with one attached hydrogen (secondary N) is 2. The maximum atomic E-state index is 12.7. The molecule has 4 heterocycles. The quantitative estimate of drug-likeness (QED) is 0.619. The summed E-state index contributed by atoms with van der Waals surface area (Å²) in [6.45, 7) is 3.51. The molecule has 2 aliphatic heterocycles. The van der Waals surface area contributed by atoms with Crippen LogP contribution < -0.4 is 10.6 Å². The van der Waals surface area contributed by atoms with Crippen LogP contribution >= 0.6 is 11.3 Å². The summed E-state index contributed by atoms with van der Waals surface area (Å²) in [6.07, 6.45) is 3.38. The second-order valence-electron chi connectivity index (χ2n) is 8.13. The molecule has 0 bridgehead atoms. The molecule has 8 heteroatoms. The van der Waals surface area contributed by atoms with E-state index in [1.165, 1.54) is 0 Å². The van der Waals surface area contributed by atoms with Gasteiger partial charge in [0.25, 0.3) is 5.91 Å². The molecule has 2 aliphatic rings. The van der Waals surface area contributed by atoms with E-state index >= 15 is 0 Å². The maximum Gasteiger partial charge on any atom is 0.253 e. The predicted molar refractivity (Wildman–Crippen MR) is 126 cm³/mol. The number of anilines is 2. The second-order valence-corrected chi connectivity index (χ2v) is 9.16. The minimum Gasteiger partial charge on any atom is -0.366 e. The molecule has 2 fully saturated rings. The molecular weight excluding hydrogens is 422 g/mol. The third-order valence-corrected chi connectivity index (χ3v) is 6.96. The van der Waals surface area contributed by atoms with Crippen molar-refractivity contribution in [2.45, 2.75) is 24.9 Å². The number of hydrogen-bond acceptors (Lipinski definition) is 7. The summed E-state index contributed by atoms with van der Waals surface area (Å²) in [4.78, 5) is 25.1. The van der Waals surface area contributed by atoms with Crippen molar-refractivity contribution >= 4 is 28.2 Å². The lowest BCUT2D eigenvalue weighted by Crippen LogP contribution is -2.51. The number of carbonyl (C=O) groups is 1. The molecule has 1 amide bonds. The van der Waals surface area contributed by atoms with Gasteiger partial charge >= 0.3 is 0 Å². The summed E-state index contributed by atoms with van der Waals surface area (Å²) in [5.41, 5.74) is 2.23. The van der Waals surface area contributed by atoms with Crippen LogP contribution in [-0.4, -0.2) is 59.7 Å². The normalized spacial score (nSPS) is 19.6. The monoisotopic (exact) mass is 449 g/mol. The van der Waals surface area contributed by atoms with Gasteiger partial charge in [-0.25, -0.2) is 9.97 Å². The lowest BCUT2D eigenvalue weighted by molar-refractivity contribution is -0.146. The number of hydrogen-bond donors (Lipinski definition) is 2. The average molecular weight is 450 g/mol. The molecule has 1 aromatic carbocycles. The Kier molecular flexibility index (Phi) is 6.43. The number of pyridine rings is 1. The van der Waals surface area contributed by atoms with Crippen molar-refractivity contribution in [2.24, 2.45) is 0 Å². The molecule has 7 nitrogen and oxygen atoms in total. The molecule has 2 aromatic heterocycles. The van der Waals surface area contributed by atoms with Crippen LogP contribution in [0.4, 0.5) is 10.9 Å². The number of likely N-dealkylation sites (tertiary alicyclic amines) is 1. The van der Waals surface area contributed by atoms with Gasteiger partial charge in [0.15, 0.2) is 5.13 Å². The highest BCUT2D eigenvalue weighted by Crippen LogP contribution is 2.31. The molecule has 0 aliphatic carbocycles. The number of amides is 1. The maximum absolute atomic E-state index is 12.7. The zero-order valence-electron chi connectivity index (χ0n) is 17.9. The molecule has 0 spiro atoms. The molecular formula is C24H27N5O2S. The Morgan fingerprint density at radius 1 is 1.12 bits per heavy atom. The van der Waals surface area contributed by atoms with E-state index in [2.05, 4.69) is 33.8 Å². The Bertz CT molecular complexity index is 1040. The van der Waals surface area contributed by atoms with Crippen LogP contribution in [0.3, 0.4) is 0 Å². The first-order valence-corrected chi connectivity index (χ1v) is 11.9. The van der Waals surface area contributed by atoms with Crippen LogP contribution in [0.5, 0.6) is 0 Å². The van der Waals surface area contributed by atoms with Gasteiger partial charge in [0, 0.05) is 44.0 Å². The van der Waals surface area contributed by atoms with Crippen molar-refractivity contribution in [1.82, 2.24) is 20.2 Å². The van der Waals surface area contributed by atoms with Crippen molar-refractivity contribution in [2.75, 3.05) is 38.1 Å². The van der Waals surface area contributed by atoms with Gasteiger partial charge < -0.3 is 20.3 Å². The molecule has 0 saturated carbocycles. The first-order chi connectivity index (χ1) is 15.8. The highest BCUT2D eigenvalue weighted by atomic mass is 32.1. The number of thiazole rings is 1. The Morgan fingerprint density at radius 2 is 1.97 bits per heavy atom. The van der Waals surface area contributed by atoms with E-state index in [-0.39, 0.29) is 12.0 Å². The molecule has 3 aromatic rings. The number of morpholine rings is 1. The van der Waals surface area contributed by atoms with Crippen LogP contribution in [-0.2, 0) is 9.53 Å². The van der Waals surface area contributed by atoms with Gasteiger partial charge in [-0.1, -0.05) is 47.7 Å². The lowest BCUT2D eigenvalue weighted by atomic mass is 9.92. The molecule has 2 saturated heterocycles. The second kappa shape index (κ2) is 9.77. The average Bonchev–Trinajstić information content (AvgIpc) is 3.33. The third kappa shape index (κ3) is 4.82. The Labute approximate surface area is 191 Å². The van der Waals surface area contributed by atoms with Gasteiger partial charge in [0.1, 0.15) is 11.9 Å².